The van der Waals surface area contributed by atoms with E-state index in [1.807, 2.05) is 0 Å². The standard InChI is InChI=1S/C8H6BrNO3S/c1-5(4-11)2-6-3-7(9)8(14-6)10(12)13/h2-4H,1H3/b5-2+. The van der Waals surface area contributed by atoms with Gasteiger partial charge in [0, 0.05) is 4.88 Å². The van der Waals surface area contributed by atoms with Crippen molar-refractivity contribution in [1.82, 2.24) is 0 Å². The van der Waals surface area contributed by atoms with Gasteiger partial charge >= 0.3 is 5.00 Å². The number of rotatable bonds is 3. The maximum atomic E-state index is 10.5. The van der Waals surface area contributed by atoms with Crippen LogP contribution in [0.2, 0.25) is 0 Å². The Morgan fingerprint density at radius 1 is 1.71 bits per heavy atom. The first-order chi connectivity index (χ1) is 6.54. The van der Waals surface area contributed by atoms with E-state index in [0.717, 1.165) is 11.3 Å². The fraction of sp³-hybridized carbons (Fsp3) is 0.125. The molecule has 0 N–H and O–H groups in total. The number of halogens is 1. The molecule has 0 spiro atoms. The average Bonchev–Trinajstić information content (AvgIpc) is 2.46. The van der Waals surface area contributed by atoms with Gasteiger partial charge in [-0.3, -0.25) is 14.9 Å². The van der Waals surface area contributed by atoms with Crippen molar-refractivity contribution in [3.8, 4) is 0 Å². The van der Waals surface area contributed by atoms with Crippen LogP contribution in [-0.2, 0) is 4.79 Å². The Morgan fingerprint density at radius 2 is 2.36 bits per heavy atom. The van der Waals surface area contributed by atoms with Gasteiger partial charge in [-0.2, -0.15) is 0 Å². The van der Waals surface area contributed by atoms with E-state index in [0.29, 0.717) is 21.2 Å². The van der Waals surface area contributed by atoms with Gasteiger partial charge in [0.05, 0.1) is 4.92 Å². The second-order valence-electron chi connectivity index (χ2n) is 2.57. The van der Waals surface area contributed by atoms with Gasteiger partial charge in [-0.25, -0.2) is 0 Å². The summed E-state index contributed by atoms with van der Waals surface area (Å²) >= 11 is 4.11. The molecule has 0 aliphatic carbocycles. The molecule has 1 rings (SSSR count). The molecule has 0 bridgehead atoms. The molecule has 0 radical (unpaired) electrons. The van der Waals surface area contributed by atoms with Gasteiger partial charge in [-0.1, -0.05) is 11.3 Å². The lowest BCUT2D eigenvalue weighted by molar-refractivity contribution is -0.380. The lowest BCUT2D eigenvalue weighted by atomic mass is 10.3. The maximum Gasteiger partial charge on any atom is 0.338 e. The first-order valence-corrected chi connectivity index (χ1v) is 5.22. The Bertz CT molecular complexity index is 411. The van der Waals surface area contributed by atoms with Crippen LogP contribution in [0.5, 0.6) is 0 Å². The Kier molecular flexibility index (Phi) is 3.54. The van der Waals surface area contributed by atoms with Crippen molar-refractivity contribution < 1.29 is 9.72 Å². The van der Waals surface area contributed by atoms with Crippen molar-refractivity contribution in [3.63, 3.8) is 0 Å². The number of nitro groups is 1. The van der Waals surface area contributed by atoms with Crippen LogP contribution in [0.3, 0.4) is 0 Å². The average molecular weight is 276 g/mol. The minimum atomic E-state index is -0.456. The van der Waals surface area contributed by atoms with Crippen LogP contribution in [0, 0.1) is 10.1 Å². The molecule has 14 heavy (non-hydrogen) atoms. The molecule has 1 heterocycles. The molecule has 0 amide bonds. The molecule has 74 valence electrons. The number of carbonyl (C=O) groups excluding carboxylic acids is 1. The Hall–Kier alpha value is -1.01. The fourth-order valence-corrected chi connectivity index (χ4v) is 2.49. The van der Waals surface area contributed by atoms with Gasteiger partial charge in [0.1, 0.15) is 10.8 Å². The highest BCUT2D eigenvalue weighted by molar-refractivity contribution is 9.10. The number of nitrogens with zero attached hydrogens (tertiary/aromatic N) is 1. The third-order valence-electron chi connectivity index (χ3n) is 1.41. The van der Waals surface area contributed by atoms with E-state index in [4.69, 9.17) is 0 Å². The van der Waals surface area contributed by atoms with Crippen molar-refractivity contribution >= 4 is 44.6 Å². The highest BCUT2D eigenvalue weighted by atomic mass is 79.9. The van der Waals surface area contributed by atoms with E-state index in [-0.39, 0.29) is 5.00 Å². The summed E-state index contributed by atoms with van der Waals surface area (Å²) < 4.78 is 0.442. The van der Waals surface area contributed by atoms with E-state index >= 15 is 0 Å². The molecule has 1 aromatic heterocycles. The lowest BCUT2D eigenvalue weighted by Crippen LogP contribution is -1.82. The van der Waals surface area contributed by atoms with Gasteiger partial charge in [0.2, 0.25) is 0 Å². The van der Waals surface area contributed by atoms with Crippen LogP contribution < -0.4 is 0 Å². The summed E-state index contributed by atoms with van der Waals surface area (Å²) in [5.74, 6) is 0. The maximum absolute atomic E-state index is 10.5. The van der Waals surface area contributed by atoms with Crippen molar-refractivity contribution in [3.05, 3.63) is 31.1 Å². The van der Waals surface area contributed by atoms with Crippen LogP contribution in [0.15, 0.2) is 16.1 Å². The second-order valence-corrected chi connectivity index (χ2v) is 4.48. The van der Waals surface area contributed by atoms with E-state index in [2.05, 4.69) is 15.9 Å². The zero-order valence-corrected chi connectivity index (χ0v) is 9.59. The van der Waals surface area contributed by atoms with Gasteiger partial charge in [-0.15, -0.1) is 0 Å². The summed E-state index contributed by atoms with van der Waals surface area (Å²) in [4.78, 5) is 21.0. The van der Waals surface area contributed by atoms with Gasteiger partial charge in [0.25, 0.3) is 0 Å². The third kappa shape index (κ3) is 2.49. The molecule has 0 fully saturated rings. The zero-order chi connectivity index (χ0) is 10.7. The molecule has 1 aromatic rings. The lowest BCUT2D eigenvalue weighted by Gasteiger charge is -1.84. The van der Waals surface area contributed by atoms with Gasteiger partial charge in [0.15, 0.2) is 0 Å². The number of aldehydes is 1. The molecular weight excluding hydrogens is 270 g/mol. The quantitative estimate of drug-likeness (QED) is 0.369. The highest BCUT2D eigenvalue weighted by Crippen LogP contribution is 2.35. The number of thiophene rings is 1. The van der Waals surface area contributed by atoms with Crippen LogP contribution in [-0.4, -0.2) is 11.2 Å². The summed E-state index contributed by atoms with van der Waals surface area (Å²) in [5, 5.41) is 10.5. The minimum Gasteiger partial charge on any atom is -0.298 e. The normalized spacial score (nSPS) is 11.4. The summed E-state index contributed by atoms with van der Waals surface area (Å²) in [6.45, 7) is 1.65. The molecule has 0 atom stereocenters. The predicted octanol–water partition coefficient (Wildman–Crippen LogP) is 3.02. The van der Waals surface area contributed by atoms with E-state index < -0.39 is 4.92 Å². The van der Waals surface area contributed by atoms with Crippen molar-refractivity contribution in [2.24, 2.45) is 0 Å². The number of hydrogen-bond donors (Lipinski definition) is 0. The molecule has 0 aromatic carbocycles. The molecule has 0 saturated heterocycles. The third-order valence-corrected chi connectivity index (χ3v) is 3.31. The summed E-state index contributed by atoms with van der Waals surface area (Å²) in [7, 11) is 0. The summed E-state index contributed by atoms with van der Waals surface area (Å²) in [5.41, 5.74) is 0.536. The van der Waals surface area contributed by atoms with Gasteiger partial charge < -0.3 is 0 Å². The predicted molar refractivity (Wildman–Crippen MR) is 58.4 cm³/mol. The molecular formula is C8H6BrNO3S. The van der Waals surface area contributed by atoms with Crippen molar-refractivity contribution in [2.75, 3.05) is 0 Å². The number of hydrogen-bond acceptors (Lipinski definition) is 4. The van der Waals surface area contributed by atoms with Crippen LogP contribution >= 0.6 is 27.3 Å². The van der Waals surface area contributed by atoms with Crippen molar-refractivity contribution in [1.29, 1.82) is 0 Å². The fourth-order valence-electron chi connectivity index (χ4n) is 0.830. The zero-order valence-electron chi connectivity index (χ0n) is 7.19. The van der Waals surface area contributed by atoms with Crippen LogP contribution in [0.1, 0.15) is 11.8 Å². The first-order valence-electron chi connectivity index (χ1n) is 3.62. The van der Waals surface area contributed by atoms with Crippen molar-refractivity contribution in [2.45, 2.75) is 6.92 Å². The van der Waals surface area contributed by atoms with Crippen LogP contribution in [0.4, 0.5) is 5.00 Å². The SMILES string of the molecule is C/C(C=O)=C\c1cc(Br)c([N+](=O)[O-])s1. The van der Waals surface area contributed by atoms with E-state index in [9.17, 15) is 14.9 Å². The Balaban J connectivity index is 3.09. The number of carbonyl (C=O) groups is 1. The summed E-state index contributed by atoms with van der Waals surface area (Å²) in [6.07, 6.45) is 2.31. The molecule has 0 aliphatic rings. The Labute approximate surface area is 92.5 Å². The van der Waals surface area contributed by atoms with E-state index in [1.165, 1.54) is 0 Å². The number of allylic oxidation sites excluding steroid dienone is 1. The van der Waals surface area contributed by atoms with E-state index in [1.54, 1.807) is 19.1 Å². The molecule has 6 heteroatoms. The largest absolute Gasteiger partial charge is 0.338 e. The summed E-state index contributed by atoms with van der Waals surface area (Å²) in [6, 6.07) is 1.62. The smallest absolute Gasteiger partial charge is 0.298 e. The van der Waals surface area contributed by atoms with Crippen LogP contribution in [0.25, 0.3) is 6.08 Å². The molecule has 4 nitrogen and oxygen atoms in total. The molecule has 0 unspecified atom stereocenters. The topological polar surface area (TPSA) is 60.2 Å². The Morgan fingerprint density at radius 3 is 2.79 bits per heavy atom. The second kappa shape index (κ2) is 4.47. The minimum absolute atomic E-state index is 0.0509. The van der Waals surface area contributed by atoms with Gasteiger partial charge in [-0.05, 0) is 40.6 Å². The highest BCUT2D eigenvalue weighted by Gasteiger charge is 2.15. The first kappa shape index (κ1) is 11.1. The monoisotopic (exact) mass is 275 g/mol. The molecule has 0 aliphatic heterocycles. The molecule has 0 saturated carbocycles.